The van der Waals surface area contributed by atoms with E-state index in [1.54, 1.807) is 24.5 Å². The summed E-state index contributed by atoms with van der Waals surface area (Å²) in [6.45, 7) is 2.41. The summed E-state index contributed by atoms with van der Waals surface area (Å²) in [7, 11) is 1.63. The molecule has 110 valence electrons. The highest BCUT2D eigenvalue weighted by Crippen LogP contribution is 2.15. The van der Waals surface area contributed by atoms with Crippen molar-refractivity contribution in [3.05, 3.63) is 42.5 Å². The van der Waals surface area contributed by atoms with Crippen LogP contribution in [0.3, 0.4) is 0 Å². The van der Waals surface area contributed by atoms with Gasteiger partial charge in [-0.3, -0.25) is 4.79 Å². The van der Waals surface area contributed by atoms with Crippen LogP contribution in [0.1, 0.15) is 10.5 Å². The fourth-order valence-electron chi connectivity index (χ4n) is 2.26. The van der Waals surface area contributed by atoms with Gasteiger partial charge in [0.15, 0.2) is 0 Å². The third-order valence-electron chi connectivity index (χ3n) is 3.47. The Morgan fingerprint density at radius 3 is 2.62 bits per heavy atom. The second kappa shape index (κ2) is 5.97. The number of hydrogen-bond donors (Lipinski definition) is 0. The molecular weight excluding hydrogens is 270 g/mol. The molecule has 6 nitrogen and oxygen atoms in total. The van der Waals surface area contributed by atoms with Crippen LogP contribution in [0.25, 0.3) is 5.69 Å². The zero-order chi connectivity index (χ0) is 14.7. The van der Waals surface area contributed by atoms with Crippen molar-refractivity contribution in [2.75, 3.05) is 33.4 Å². The van der Waals surface area contributed by atoms with Crippen LogP contribution in [-0.2, 0) is 4.74 Å². The molecule has 6 heteroatoms. The summed E-state index contributed by atoms with van der Waals surface area (Å²) >= 11 is 0. The second-order valence-electron chi connectivity index (χ2n) is 4.77. The van der Waals surface area contributed by atoms with E-state index >= 15 is 0 Å². The minimum atomic E-state index is -0.0504. The number of carbonyl (C=O) groups is 1. The lowest BCUT2D eigenvalue weighted by Gasteiger charge is -2.25. The number of morpholine rings is 1. The van der Waals surface area contributed by atoms with Gasteiger partial charge in [-0.1, -0.05) is 0 Å². The average Bonchev–Trinajstić information content (AvgIpc) is 3.05. The molecular formula is C15H17N3O3. The Labute approximate surface area is 122 Å². The number of benzene rings is 1. The molecule has 0 atom stereocenters. The number of nitrogens with zero attached hydrogens (tertiary/aromatic N) is 3. The standard InChI is InChI=1S/C15H17N3O3/c1-20-13-4-2-12(3-5-13)18-10-14(16-11-18)15(19)17-6-8-21-9-7-17/h2-5,10-11H,6-9H2,1H3. The number of ether oxygens (including phenoxy) is 2. The molecule has 0 saturated carbocycles. The molecule has 1 saturated heterocycles. The minimum Gasteiger partial charge on any atom is -0.497 e. The van der Waals surface area contributed by atoms with E-state index < -0.39 is 0 Å². The molecule has 0 N–H and O–H groups in total. The Hall–Kier alpha value is -2.34. The van der Waals surface area contributed by atoms with Gasteiger partial charge in [0.05, 0.1) is 20.3 Å². The van der Waals surface area contributed by atoms with Crippen molar-refractivity contribution in [2.45, 2.75) is 0 Å². The molecule has 1 aromatic carbocycles. The van der Waals surface area contributed by atoms with Gasteiger partial charge in [0, 0.05) is 25.0 Å². The van der Waals surface area contributed by atoms with Gasteiger partial charge in [0.1, 0.15) is 17.8 Å². The Kier molecular flexibility index (Phi) is 3.87. The summed E-state index contributed by atoms with van der Waals surface area (Å²) < 4.78 is 12.2. The van der Waals surface area contributed by atoms with Crippen LogP contribution < -0.4 is 4.74 Å². The van der Waals surface area contributed by atoms with Crippen LogP contribution in [0, 0.1) is 0 Å². The molecule has 0 spiro atoms. The first-order valence-electron chi connectivity index (χ1n) is 6.83. The molecule has 0 radical (unpaired) electrons. The monoisotopic (exact) mass is 287 g/mol. The third-order valence-corrected chi connectivity index (χ3v) is 3.47. The summed E-state index contributed by atoms with van der Waals surface area (Å²) in [5, 5.41) is 0. The van der Waals surface area contributed by atoms with Crippen molar-refractivity contribution in [1.82, 2.24) is 14.5 Å². The molecule has 1 aromatic heterocycles. The van der Waals surface area contributed by atoms with Crippen molar-refractivity contribution in [2.24, 2.45) is 0 Å². The Balaban J connectivity index is 1.77. The molecule has 0 bridgehead atoms. The lowest BCUT2D eigenvalue weighted by atomic mass is 10.3. The van der Waals surface area contributed by atoms with Gasteiger partial charge in [-0.05, 0) is 24.3 Å². The van der Waals surface area contributed by atoms with Gasteiger partial charge in [-0.25, -0.2) is 4.98 Å². The zero-order valence-corrected chi connectivity index (χ0v) is 11.9. The SMILES string of the molecule is COc1ccc(-n2cnc(C(=O)N3CCOCC3)c2)cc1. The second-order valence-corrected chi connectivity index (χ2v) is 4.77. The molecule has 1 amide bonds. The van der Waals surface area contributed by atoms with E-state index in [-0.39, 0.29) is 5.91 Å². The van der Waals surface area contributed by atoms with Crippen LogP contribution >= 0.6 is 0 Å². The maximum absolute atomic E-state index is 12.3. The van der Waals surface area contributed by atoms with Crippen LogP contribution in [-0.4, -0.2) is 53.8 Å². The molecule has 2 aromatic rings. The van der Waals surface area contributed by atoms with E-state index in [1.165, 1.54) is 0 Å². The predicted octanol–water partition coefficient (Wildman–Crippen LogP) is 1.35. The molecule has 21 heavy (non-hydrogen) atoms. The van der Waals surface area contributed by atoms with Gasteiger partial charge in [-0.2, -0.15) is 0 Å². The number of methoxy groups -OCH3 is 1. The highest BCUT2D eigenvalue weighted by molar-refractivity contribution is 5.92. The van der Waals surface area contributed by atoms with E-state index in [0.29, 0.717) is 32.0 Å². The zero-order valence-electron chi connectivity index (χ0n) is 11.9. The smallest absolute Gasteiger partial charge is 0.274 e. The number of hydrogen-bond acceptors (Lipinski definition) is 4. The Morgan fingerprint density at radius 1 is 1.24 bits per heavy atom. The number of imidazole rings is 1. The van der Waals surface area contributed by atoms with Gasteiger partial charge in [0.25, 0.3) is 5.91 Å². The van der Waals surface area contributed by atoms with Crippen molar-refractivity contribution < 1.29 is 14.3 Å². The molecule has 1 aliphatic heterocycles. The molecule has 1 fully saturated rings. The molecule has 0 aliphatic carbocycles. The first-order valence-corrected chi connectivity index (χ1v) is 6.83. The first-order chi connectivity index (χ1) is 10.3. The van der Waals surface area contributed by atoms with Gasteiger partial charge in [0.2, 0.25) is 0 Å². The predicted molar refractivity (Wildman–Crippen MR) is 76.8 cm³/mol. The van der Waals surface area contributed by atoms with Crippen molar-refractivity contribution in [3.63, 3.8) is 0 Å². The van der Waals surface area contributed by atoms with Crippen molar-refractivity contribution in [1.29, 1.82) is 0 Å². The maximum Gasteiger partial charge on any atom is 0.274 e. The quantitative estimate of drug-likeness (QED) is 0.855. The topological polar surface area (TPSA) is 56.6 Å². The van der Waals surface area contributed by atoms with Crippen LogP contribution in [0.2, 0.25) is 0 Å². The van der Waals surface area contributed by atoms with Crippen molar-refractivity contribution in [3.8, 4) is 11.4 Å². The number of amides is 1. The van der Waals surface area contributed by atoms with Gasteiger partial charge >= 0.3 is 0 Å². The first kappa shape index (κ1) is 13.6. The fraction of sp³-hybridized carbons (Fsp3) is 0.333. The average molecular weight is 287 g/mol. The molecule has 3 rings (SSSR count). The highest BCUT2D eigenvalue weighted by atomic mass is 16.5. The largest absolute Gasteiger partial charge is 0.497 e. The lowest BCUT2D eigenvalue weighted by molar-refractivity contribution is 0.0299. The number of rotatable bonds is 3. The Bertz CT molecular complexity index is 615. The van der Waals surface area contributed by atoms with E-state index in [9.17, 15) is 4.79 Å². The van der Waals surface area contributed by atoms with Gasteiger partial charge < -0.3 is 18.9 Å². The lowest BCUT2D eigenvalue weighted by Crippen LogP contribution is -2.40. The van der Waals surface area contributed by atoms with E-state index in [1.807, 2.05) is 28.8 Å². The van der Waals surface area contributed by atoms with E-state index in [2.05, 4.69) is 4.98 Å². The van der Waals surface area contributed by atoms with Crippen LogP contribution in [0.5, 0.6) is 5.75 Å². The Morgan fingerprint density at radius 2 is 1.95 bits per heavy atom. The van der Waals surface area contributed by atoms with Crippen LogP contribution in [0.15, 0.2) is 36.8 Å². The highest BCUT2D eigenvalue weighted by Gasteiger charge is 2.20. The summed E-state index contributed by atoms with van der Waals surface area (Å²) in [5.41, 5.74) is 1.39. The van der Waals surface area contributed by atoms with E-state index in [4.69, 9.17) is 9.47 Å². The minimum absolute atomic E-state index is 0.0504. The number of carbonyl (C=O) groups excluding carboxylic acids is 1. The molecule has 0 unspecified atom stereocenters. The van der Waals surface area contributed by atoms with Gasteiger partial charge in [-0.15, -0.1) is 0 Å². The van der Waals surface area contributed by atoms with Crippen LogP contribution in [0.4, 0.5) is 0 Å². The molecule has 2 heterocycles. The fourth-order valence-corrected chi connectivity index (χ4v) is 2.26. The normalized spacial score (nSPS) is 15.0. The summed E-state index contributed by atoms with van der Waals surface area (Å²) in [4.78, 5) is 18.3. The van der Waals surface area contributed by atoms with E-state index in [0.717, 1.165) is 11.4 Å². The maximum atomic E-state index is 12.3. The summed E-state index contributed by atoms with van der Waals surface area (Å²) in [6, 6.07) is 7.59. The molecule has 1 aliphatic rings. The van der Waals surface area contributed by atoms with Crippen molar-refractivity contribution >= 4 is 5.91 Å². The number of aromatic nitrogens is 2. The third kappa shape index (κ3) is 2.90. The summed E-state index contributed by atoms with van der Waals surface area (Å²) in [5.74, 6) is 0.744. The summed E-state index contributed by atoms with van der Waals surface area (Å²) in [6.07, 6.45) is 3.40.